The summed E-state index contributed by atoms with van der Waals surface area (Å²) >= 11 is 0. The quantitative estimate of drug-likeness (QED) is 0.751. The third-order valence-corrected chi connectivity index (χ3v) is 2.24. The molecule has 6 nitrogen and oxygen atoms in total. The number of carbonyl (C=O) groups excluding carboxylic acids is 2. The van der Waals surface area contributed by atoms with E-state index in [1.54, 1.807) is 24.3 Å². The molecule has 6 heteroatoms. The van der Waals surface area contributed by atoms with E-state index in [0.717, 1.165) is 4.68 Å². The highest BCUT2D eigenvalue weighted by Crippen LogP contribution is 2.07. The fourth-order valence-electron chi connectivity index (χ4n) is 1.56. The number of aromatic amines is 1. The maximum absolute atomic E-state index is 11.6. The number of hydrogen-bond donors (Lipinski definition) is 2. The first kappa shape index (κ1) is 11.1. The monoisotopic (exact) mass is 233 g/mol. The molecule has 2 aromatic rings. The number of H-pyrrole nitrogens is 1. The highest BCUT2D eigenvalue weighted by molar-refractivity contribution is 6.00. The van der Waals surface area contributed by atoms with Gasteiger partial charge in [0.15, 0.2) is 0 Å². The Bertz CT molecular complexity index is 639. The predicted molar refractivity (Wildman–Crippen MR) is 62.2 cm³/mol. The Balaban J connectivity index is 2.36. The standard InChI is InChI=1S/C11H11N3O3/c1-7(15)6-10(16)13-14-9-5-3-2-4-8(9)12-11(14)17/h2-5H,6H2,1H3,(H,12,17)(H,13,16). The summed E-state index contributed by atoms with van der Waals surface area (Å²) < 4.78 is 1.10. The Morgan fingerprint density at radius 2 is 2.06 bits per heavy atom. The van der Waals surface area contributed by atoms with Gasteiger partial charge in [0, 0.05) is 0 Å². The largest absolute Gasteiger partial charge is 0.345 e. The number of aromatic nitrogens is 2. The second kappa shape index (κ2) is 4.25. The number of ketones is 1. The maximum atomic E-state index is 11.6. The number of amides is 1. The van der Waals surface area contributed by atoms with Crippen LogP contribution in [0, 0.1) is 0 Å². The minimum Gasteiger partial charge on any atom is -0.304 e. The molecule has 1 aromatic heterocycles. The number of Topliss-reactive ketones (excluding diaryl/α,β-unsaturated/α-hetero) is 1. The van der Waals surface area contributed by atoms with Gasteiger partial charge < -0.3 is 4.98 Å². The first-order valence-corrected chi connectivity index (χ1v) is 5.07. The molecule has 0 fully saturated rings. The Kier molecular flexibility index (Phi) is 2.78. The topological polar surface area (TPSA) is 84.0 Å². The Hall–Kier alpha value is -2.37. The lowest BCUT2D eigenvalue weighted by molar-refractivity contribution is -0.124. The number of fused-ring (bicyclic) bond motifs is 1. The van der Waals surface area contributed by atoms with Gasteiger partial charge in [0.1, 0.15) is 5.78 Å². The van der Waals surface area contributed by atoms with Crippen molar-refractivity contribution < 1.29 is 9.59 Å². The molecular formula is C11H11N3O3. The van der Waals surface area contributed by atoms with E-state index < -0.39 is 11.6 Å². The molecule has 1 aromatic carbocycles. The molecule has 0 radical (unpaired) electrons. The third-order valence-electron chi connectivity index (χ3n) is 2.24. The second-order valence-corrected chi connectivity index (χ2v) is 3.70. The Labute approximate surface area is 96.2 Å². The van der Waals surface area contributed by atoms with Crippen LogP contribution < -0.4 is 11.1 Å². The van der Waals surface area contributed by atoms with Gasteiger partial charge in [-0.1, -0.05) is 12.1 Å². The molecule has 0 aliphatic heterocycles. The van der Waals surface area contributed by atoms with Crippen LogP contribution in [0.25, 0.3) is 11.0 Å². The summed E-state index contributed by atoms with van der Waals surface area (Å²) in [7, 11) is 0. The number of hydrogen-bond acceptors (Lipinski definition) is 3. The van der Waals surface area contributed by atoms with Crippen LogP contribution in [0.3, 0.4) is 0 Å². The number of nitrogens with one attached hydrogen (secondary N) is 2. The molecule has 1 amide bonds. The Morgan fingerprint density at radius 3 is 2.76 bits per heavy atom. The molecular weight excluding hydrogens is 222 g/mol. The maximum Gasteiger partial charge on any atom is 0.345 e. The van der Waals surface area contributed by atoms with Crippen molar-refractivity contribution in [2.75, 3.05) is 5.43 Å². The van der Waals surface area contributed by atoms with Crippen molar-refractivity contribution >= 4 is 22.7 Å². The molecule has 2 N–H and O–H groups in total. The van der Waals surface area contributed by atoms with Crippen LogP contribution in [0.1, 0.15) is 13.3 Å². The highest BCUT2D eigenvalue weighted by atomic mass is 16.2. The van der Waals surface area contributed by atoms with Gasteiger partial charge >= 0.3 is 5.69 Å². The van der Waals surface area contributed by atoms with E-state index in [-0.39, 0.29) is 12.2 Å². The van der Waals surface area contributed by atoms with Gasteiger partial charge in [-0.25, -0.2) is 9.47 Å². The molecule has 0 bridgehead atoms. The average molecular weight is 233 g/mol. The van der Waals surface area contributed by atoms with E-state index in [4.69, 9.17) is 0 Å². The molecule has 0 unspecified atom stereocenters. The van der Waals surface area contributed by atoms with Crippen molar-refractivity contribution in [2.45, 2.75) is 13.3 Å². The van der Waals surface area contributed by atoms with Gasteiger partial charge in [-0.05, 0) is 19.1 Å². The molecule has 1 heterocycles. The molecule has 2 rings (SSSR count). The van der Waals surface area contributed by atoms with Gasteiger partial charge in [0.25, 0.3) is 0 Å². The molecule has 0 atom stereocenters. The second-order valence-electron chi connectivity index (χ2n) is 3.70. The molecule has 0 saturated heterocycles. The van der Waals surface area contributed by atoms with Crippen LogP contribution >= 0.6 is 0 Å². The van der Waals surface area contributed by atoms with Gasteiger partial charge in [-0.2, -0.15) is 0 Å². The fourth-order valence-corrected chi connectivity index (χ4v) is 1.56. The van der Waals surface area contributed by atoms with E-state index in [9.17, 15) is 14.4 Å². The van der Waals surface area contributed by atoms with E-state index in [1.807, 2.05) is 0 Å². The van der Waals surface area contributed by atoms with E-state index in [0.29, 0.717) is 11.0 Å². The van der Waals surface area contributed by atoms with Crippen LogP contribution in [0.15, 0.2) is 29.1 Å². The minimum absolute atomic E-state index is 0.244. The Morgan fingerprint density at radius 1 is 1.35 bits per heavy atom. The molecule has 0 saturated carbocycles. The lowest BCUT2D eigenvalue weighted by atomic mass is 10.3. The van der Waals surface area contributed by atoms with Crippen LogP contribution in [-0.2, 0) is 9.59 Å². The fraction of sp³-hybridized carbons (Fsp3) is 0.182. The van der Waals surface area contributed by atoms with E-state index in [1.165, 1.54) is 6.92 Å². The number of para-hydroxylation sites is 2. The summed E-state index contributed by atoms with van der Waals surface area (Å²) in [5.74, 6) is -0.764. The molecule has 88 valence electrons. The normalized spacial score (nSPS) is 10.4. The molecule has 0 aliphatic carbocycles. The smallest absolute Gasteiger partial charge is 0.304 e. The zero-order chi connectivity index (χ0) is 12.4. The van der Waals surface area contributed by atoms with Crippen molar-refractivity contribution in [1.82, 2.24) is 9.66 Å². The zero-order valence-corrected chi connectivity index (χ0v) is 9.19. The predicted octanol–water partition coefficient (Wildman–Crippen LogP) is 0.379. The van der Waals surface area contributed by atoms with E-state index >= 15 is 0 Å². The van der Waals surface area contributed by atoms with Crippen molar-refractivity contribution in [3.63, 3.8) is 0 Å². The summed E-state index contributed by atoms with van der Waals surface area (Å²) in [6, 6.07) is 6.95. The van der Waals surface area contributed by atoms with Crippen LogP contribution in [-0.4, -0.2) is 21.4 Å². The summed E-state index contributed by atoms with van der Waals surface area (Å²) in [4.78, 5) is 36.3. The average Bonchev–Trinajstić information content (AvgIpc) is 2.55. The van der Waals surface area contributed by atoms with Crippen LogP contribution in [0.5, 0.6) is 0 Å². The summed E-state index contributed by atoms with van der Waals surface area (Å²) in [5.41, 5.74) is 3.13. The lowest BCUT2D eigenvalue weighted by Gasteiger charge is -2.04. The SMILES string of the molecule is CC(=O)CC(=O)Nn1c(=O)[nH]c2ccccc21. The minimum atomic E-state index is -0.510. The van der Waals surface area contributed by atoms with Gasteiger partial charge in [-0.3, -0.25) is 15.0 Å². The van der Waals surface area contributed by atoms with Crippen molar-refractivity contribution in [3.8, 4) is 0 Å². The molecule has 17 heavy (non-hydrogen) atoms. The third kappa shape index (κ3) is 2.25. The van der Waals surface area contributed by atoms with Crippen LogP contribution in [0.2, 0.25) is 0 Å². The van der Waals surface area contributed by atoms with Crippen molar-refractivity contribution in [3.05, 3.63) is 34.7 Å². The van der Waals surface area contributed by atoms with Gasteiger partial charge in [-0.15, -0.1) is 0 Å². The lowest BCUT2D eigenvalue weighted by Crippen LogP contribution is -2.32. The summed E-state index contributed by atoms with van der Waals surface area (Å²) in [5, 5.41) is 0. The van der Waals surface area contributed by atoms with Gasteiger partial charge in [0.2, 0.25) is 5.91 Å². The highest BCUT2D eigenvalue weighted by Gasteiger charge is 2.10. The first-order valence-electron chi connectivity index (χ1n) is 5.07. The van der Waals surface area contributed by atoms with Crippen LogP contribution in [0.4, 0.5) is 0 Å². The number of imidazole rings is 1. The zero-order valence-electron chi connectivity index (χ0n) is 9.19. The number of benzene rings is 1. The summed E-state index contributed by atoms with van der Waals surface area (Å²) in [6.45, 7) is 1.32. The molecule has 0 spiro atoms. The van der Waals surface area contributed by atoms with Crippen molar-refractivity contribution in [2.24, 2.45) is 0 Å². The first-order chi connectivity index (χ1) is 8.08. The van der Waals surface area contributed by atoms with Crippen molar-refractivity contribution in [1.29, 1.82) is 0 Å². The number of nitrogens with zero attached hydrogens (tertiary/aromatic N) is 1. The van der Waals surface area contributed by atoms with Gasteiger partial charge in [0.05, 0.1) is 17.5 Å². The summed E-state index contributed by atoms with van der Waals surface area (Å²) in [6.07, 6.45) is -0.244. The van der Waals surface area contributed by atoms with E-state index in [2.05, 4.69) is 10.4 Å². The molecule has 0 aliphatic rings. The number of rotatable bonds is 3. The number of carbonyl (C=O) groups is 2.